The van der Waals surface area contributed by atoms with Gasteiger partial charge < -0.3 is 25.3 Å². The van der Waals surface area contributed by atoms with E-state index in [1.165, 1.54) is 57.3 Å². The third kappa shape index (κ3) is 6.13. The van der Waals surface area contributed by atoms with Gasteiger partial charge in [-0.05, 0) is 54.8 Å². The van der Waals surface area contributed by atoms with Crippen LogP contribution in [0.25, 0.3) is 37.4 Å². The first-order valence-corrected chi connectivity index (χ1v) is 17.5. The Bertz CT molecular complexity index is 1780. The van der Waals surface area contributed by atoms with Gasteiger partial charge in [0.2, 0.25) is 5.91 Å². The van der Waals surface area contributed by atoms with E-state index in [4.69, 9.17) is 14.7 Å². The number of halogens is 1. The average molecular weight is 679 g/mol. The second kappa shape index (κ2) is 13.7. The number of carbonyl (C=O) groups excluding carboxylic acids is 2. The van der Waals surface area contributed by atoms with E-state index in [1.54, 1.807) is 22.7 Å². The fourth-order valence-corrected chi connectivity index (χ4v) is 9.15. The number of fused-ring (bicyclic) bond motifs is 1. The van der Waals surface area contributed by atoms with Crippen molar-refractivity contribution in [1.82, 2.24) is 25.5 Å². The van der Waals surface area contributed by atoms with Gasteiger partial charge in [-0.1, -0.05) is 38.1 Å². The van der Waals surface area contributed by atoms with Crippen molar-refractivity contribution >= 4 is 67.8 Å². The molecule has 3 aliphatic rings. The number of hydrogen-bond donors (Lipinski definition) is 3. The van der Waals surface area contributed by atoms with Crippen LogP contribution in [0.15, 0.2) is 52.4 Å². The number of carbonyl (C=O) groups is 2. The van der Waals surface area contributed by atoms with Crippen LogP contribution in [0.4, 0.5) is 4.79 Å². The number of rotatable bonds is 8. The number of aromatic nitrogens is 2. The van der Waals surface area contributed by atoms with Crippen LogP contribution in [0.1, 0.15) is 63.4 Å². The van der Waals surface area contributed by atoms with Crippen molar-refractivity contribution in [2.45, 2.75) is 64.1 Å². The summed E-state index contributed by atoms with van der Waals surface area (Å²) >= 11 is 3.50. The molecule has 7 rings (SSSR count). The summed E-state index contributed by atoms with van der Waals surface area (Å²) in [6, 6.07) is 8.51. The molecule has 3 N–H and O–H groups in total. The molecule has 46 heavy (non-hydrogen) atoms. The highest BCUT2D eigenvalue weighted by molar-refractivity contribution is 7.27. The molecule has 0 unspecified atom stereocenters. The van der Waals surface area contributed by atoms with Gasteiger partial charge in [-0.2, -0.15) is 0 Å². The van der Waals surface area contributed by atoms with Crippen LogP contribution < -0.4 is 10.6 Å². The highest BCUT2D eigenvalue weighted by Gasteiger charge is 2.37. The van der Waals surface area contributed by atoms with Crippen molar-refractivity contribution in [3.05, 3.63) is 58.8 Å². The maximum Gasteiger partial charge on any atom is 0.407 e. The van der Waals surface area contributed by atoms with Gasteiger partial charge in [-0.25, -0.2) is 9.78 Å². The molecular weight excluding hydrogens is 640 g/mol. The van der Waals surface area contributed by atoms with Crippen molar-refractivity contribution in [1.29, 1.82) is 0 Å². The van der Waals surface area contributed by atoms with E-state index in [9.17, 15) is 9.59 Å². The number of likely N-dealkylation sites (tertiary alicyclic amines) is 1. The van der Waals surface area contributed by atoms with Gasteiger partial charge >= 0.3 is 6.09 Å². The molecule has 9 nitrogen and oxygen atoms in total. The summed E-state index contributed by atoms with van der Waals surface area (Å²) in [6.45, 7) is 5.56. The van der Waals surface area contributed by atoms with Crippen molar-refractivity contribution in [3.63, 3.8) is 0 Å². The van der Waals surface area contributed by atoms with E-state index < -0.39 is 12.1 Å². The minimum Gasteiger partial charge on any atom is -0.453 e. The molecule has 4 aromatic rings. The summed E-state index contributed by atoms with van der Waals surface area (Å²) in [5.41, 5.74) is 8.33. The van der Waals surface area contributed by atoms with Gasteiger partial charge in [0.15, 0.2) is 0 Å². The quantitative estimate of drug-likeness (QED) is 0.180. The summed E-state index contributed by atoms with van der Waals surface area (Å²) in [7, 11) is 1.31. The number of thiophene rings is 2. The SMILES string of the molecule is COC(=O)N[C@H](C(=O)N1CCC[C@H]1c1ncc(-c2csc3c(-c4ccc(C5=CN=C([C@@H]6CCCN6)C5)cc4)csc23)[nH]1)C(C)C.Cl. The molecule has 2 amide bonds. The maximum atomic E-state index is 13.5. The topological polar surface area (TPSA) is 112 Å². The first kappa shape index (κ1) is 32.4. The Hall–Kier alpha value is -3.51. The summed E-state index contributed by atoms with van der Waals surface area (Å²) < 4.78 is 7.26. The highest BCUT2D eigenvalue weighted by atomic mass is 35.5. The lowest BCUT2D eigenvalue weighted by Crippen LogP contribution is -2.51. The summed E-state index contributed by atoms with van der Waals surface area (Å²) in [4.78, 5) is 40.3. The van der Waals surface area contributed by atoms with Crippen LogP contribution in [-0.2, 0) is 9.53 Å². The number of nitrogens with one attached hydrogen (secondary N) is 3. The zero-order valence-electron chi connectivity index (χ0n) is 26.2. The number of allylic oxidation sites excluding steroid dienone is 1. The van der Waals surface area contributed by atoms with E-state index >= 15 is 0 Å². The van der Waals surface area contributed by atoms with Crippen LogP contribution >= 0.6 is 35.1 Å². The molecule has 242 valence electrons. The fourth-order valence-electron chi connectivity index (χ4n) is 6.71. The first-order valence-electron chi connectivity index (χ1n) is 15.7. The number of imidazole rings is 1. The van der Waals surface area contributed by atoms with Crippen molar-refractivity contribution in [2.24, 2.45) is 10.9 Å². The van der Waals surface area contributed by atoms with Crippen LogP contribution in [0.2, 0.25) is 0 Å². The minimum atomic E-state index is -0.655. The molecule has 0 spiro atoms. The van der Waals surface area contributed by atoms with Gasteiger partial charge in [0.25, 0.3) is 0 Å². The summed E-state index contributed by atoms with van der Waals surface area (Å²) in [5.74, 6) is 0.597. The molecule has 3 aromatic heterocycles. The number of aliphatic imine (C=N–C) groups is 1. The lowest BCUT2D eigenvalue weighted by molar-refractivity contribution is -0.135. The maximum absolute atomic E-state index is 13.5. The molecule has 3 atom stereocenters. The molecular formula is C34H39ClN6O3S2. The van der Waals surface area contributed by atoms with E-state index in [1.807, 2.05) is 31.1 Å². The Morgan fingerprint density at radius 2 is 1.78 bits per heavy atom. The summed E-state index contributed by atoms with van der Waals surface area (Å²) in [5, 5.41) is 10.7. The van der Waals surface area contributed by atoms with Crippen LogP contribution in [0, 0.1) is 5.92 Å². The second-order valence-electron chi connectivity index (χ2n) is 12.4. The first-order chi connectivity index (χ1) is 21.9. The third-order valence-corrected chi connectivity index (χ3v) is 11.4. The van der Waals surface area contributed by atoms with Gasteiger partial charge in [-0.3, -0.25) is 9.79 Å². The van der Waals surface area contributed by atoms with Gasteiger partial charge in [-0.15, -0.1) is 35.1 Å². The van der Waals surface area contributed by atoms with Crippen molar-refractivity contribution < 1.29 is 14.3 Å². The lowest BCUT2D eigenvalue weighted by atomic mass is 9.97. The van der Waals surface area contributed by atoms with Gasteiger partial charge in [0.05, 0.1) is 34.4 Å². The lowest BCUT2D eigenvalue weighted by Gasteiger charge is -2.30. The molecule has 2 saturated heterocycles. The number of H-pyrrole nitrogens is 1. The van der Waals surface area contributed by atoms with Gasteiger partial charge in [0, 0.05) is 52.8 Å². The predicted octanol–water partition coefficient (Wildman–Crippen LogP) is 7.42. The molecule has 2 fully saturated rings. The average Bonchev–Trinajstić information content (AvgIpc) is 3.87. The number of hydrogen-bond acceptors (Lipinski definition) is 8. The smallest absolute Gasteiger partial charge is 0.407 e. The van der Waals surface area contributed by atoms with Crippen LogP contribution in [0.5, 0.6) is 0 Å². The predicted molar refractivity (Wildman–Crippen MR) is 189 cm³/mol. The van der Waals surface area contributed by atoms with E-state index in [-0.39, 0.29) is 30.3 Å². The standard InChI is InChI=1S/C34H38N6O3S2.ClH/c1-19(2)29(39-34(42)43-3)33(41)40-13-5-7-28(40)32-37-16-27(38-32)24-18-45-30-23(17-44-31(24)30)21-10-8-20(9-11-21)22-14-26(36-15-22)25-6-4-12-35-25;/h8-11,15-19,25,28-29,35H,4-7,12-14H2,1-3H3,(H,37,38)(H,39,42);1H/t25-,28-,29-;/m0./s1. The minimum absolute atomic E-state index is 0. The molecule has 0 bridgehead atoms. The Morgan fingerprint density at radius 1 is 1.04 bits per heavy atom. The third-order valence-electron chi connectivity index (χ3n) is 9.20. The van der Waals surface area contributed by atoms with Crippen LogP contribution in [0.3, 0.4) is 0 Å². The van der Waals surface area contributed by atoms with Gasteiger partial charge in [0.1, 0.15) is 11.9 Å². The van der Waals surface area contributed by atoms with Crippen LogP contribution in [-0.4, -0.2) is 64.9 Å². The molecule has 3 aliphatic heterocycles. The normalized spacial score (nSPS) is 20.1. The number of amides is 2. The molecule has 12 heteroatoms. The molecule has 6 heterocycles. The zero-order valence-corrected chi connectivity index (χ0v) is 28.6. The Kier molecular flexibility index (Phi) is 9.65. The number of nitrogens with zero attached hydrogens (tertiary/aromatic N) is 3. The Morgan fingerprint density at radius 3 is 2.50 bits per heavy atom. The monoisotopic (exact) mass is 678 g/mol. The van der Waals surface area contributed by atoms with Crippen molar-refractivity contribution in [2.75, 3.05) is 20.2 Å². The van der Waals surface area contributed by atoms with Crippen molar-refractivity contribution in [3.8, 4) is 22.4 Å². The summed E-state index contributed by atoms with van der Waals surface area (Å²) in [6.07, 6.45) is 8.36. The molecule has 1 aromatic carbocycles. The van der Waals surface area contributed by atoms with E-state index in [2.05, 4.69) is 50.6 Å². The Balaban J connectivity index is 0.00000372. The highest BCUT2D eigenvalue weighted by Crippen LogP contribution is 2.44. The zero-order chi connectivity index (χ0) is 31.1. The molecule has 0 saturated carbocycles. The van der Waals surface area contributed by atoms with E-state index in [0.29, 0.717) is 12.6 Å². The number of alkyl carbamates (subject to hydrolysis) is 1. The number of methoxy groups -OCH3 is 1. The molecule has 0 aliphatic carbocycles. The number of ether oxygens (including phenoxy) is 1. The fraction of sp³-hybridized carbons (Fsp3) is 0.412. The Labute approximate surface area is 283 Å². The molecule has 0 radical (unpaired) electrons. The largest absolute Gasteiger partial charge is 0.453 e. The second-order valence-corrected chi connectivity index (χ2v) is 14.1. The van der Waals surface area contributed by atoms with E-state index in [0.717, 1.165) is 42.9 Å². The number of aromatic amines is 1. The number of benzene rings is 1.